The molecule has 0 saturated heterocycles. The molecule has 1 N–H and O–H groups in total. The first-order valence-corrected chi connectivity index (χ1v) is 6.42. The molecule has 0 amide bonds. The van der Waals surface area contributed by atoms with Crippen molar-refractivity contribution < 1.29 is 9.90 Å². The van der Waals surface area contributed by atoms with E-state index in [0.717, 1.165) is 19.3 Å². The zero-order chi connectivity index (χ0) is 12.7. The van der Waals surface area contributed by atoms with Gasteiger partial charge in [-0.3, -0.25) is 4.79 Å². The van der Waals surface area contributed by atoms with E-state index in [1.807, 2.05) is 24.3 Å². The normalized spacial score (nSPS) is 33.3. The minimum absolute atomic E-state index is 0.121. The van der Waals surface area contributed by atoms with E-state index in [2.05, 4.69) is 6.07 Å². The van der Waals surface area contributed by atoms with Crippen molar-refractivity contribution in [2.45, 2.75) is 25.2 Å². The predicted molar refractivity (Wildman–Crippen MR) is 65.9 cm³/mol. The molecule has 1 aromatic rings. The van der Waals surface area contributed by atoms with Crippen LogP contribution in [0.1, 0.15) is 36.3 Å². The van der Waals surface area contributed by atoms with Gasteiger partial charge in [-0.2, -0.15) is 5.26 Å². The Morgan fingerprint density at radius 2 is 1.89 bits per heavy atom. The highest BCUT2D eigenvalue weighted by Gasteiger charge is 2.48. The van der Waals surface area contributed by atoms with Crippen LogP contribution in [0.2, 0.25) is 0 Å². The topological polar surface area (TPSA) is 61.1 Å². The van der Waals surface area contributed by atoms with Gasteiger partial charge in [0.2, 0.25) is 0 Å². The van der Waals surface area contributed by atoms with Crippen molar-refractivity contribution in [2.75, 3.05) is 0 Å². The van der Waals surface area contributed by atoms with Crippen LogP contribution in [0.5, 0.6) is 0 Å². The minimum Gasteiger partial charge on any atom is -0.481 e. The fourth-order valence-electron chi connectivity index (χ4n) is 3.79. The Kier molecular flexibility index (Phi) is 2.59. The quantitative estimate of drug-likeness (QED) is 0.866. The van der Waals surface area contributed by atoms with Gasteiger partial charge in [-0.25, -0.2) is 0 Å². The van der Waals surface area contributed by atoms with Crippen molar-refractivity contribution in [2.24, 2.45) is 17.8 Å². The first kappa shape index (κ1) is 11.3. The number of rotatable bonds is 2. The summed E-state index contributed by atoms with van der Waals surface area (Å²) < 4.78 is 0. The summed E-state index contributed by atoms with van der Waals surface area (Å²) in [7, 11) is 0. The van der Waals surface area contributed by atoms with E-state index in [1.54, 1.807) is 0 Å². The van der Waals surface area contributed by atoms with Crippen LogP contribution in [0.3, 0.4) is 0 Å². The van der Waals surface area contributed by atoms with Crippen LogP contribution in [0.4, 0.5) is 0 Å². The molecule has 2 bridgehead atoms. The molecule has 0 radical (unpaired) electrons. The first-order valence-electron chi connectivity index (χ1n) is 6.42. The second-order valence-electron chi connectivity index (χ2n) is 5.51. The molecule has 18 heavy (non-hydrogen) atoms. The number of hydrogen-bond acceptors (Lipinski definition) is 2. The van der Waals surface area contributed by atoms with Gasteiger partial charge in [0.05, 0.1) is 17.6 Å². The molecular formula is C15H15NO2. The largest absolute Gasteiger partial charge is 0.481 e. The molecule has 4 unspecified atom stereocenters. The number of carboxylic acid groups (broad SMARTS) is 1. The van der Waals surface area contributed by atoms with Crippen LogP contribution in [-0.2, 0) is 4.79 Å². The summed E-state index contributed by atoms with van der Waals surface area (Å²) in [6.07, 6.45) is 2.87. The minimum atomic E-state index is -0.624. The van der Waals surface area contributed by atoms with E-state index in [0.29, 0.717) is 23.3 Å². The standard InChI is InChI=1S/C15H15NO2/c16-8-9-1-3-10(4-2-9)13-6-12-5-11(13)7-14(12)15(17)18/h1-4,11-14H,5-7H2,(H,17,18). The lowest BCUT2D eigenvalue weighted by molar-refractivity contribution is -0.143. The van der Waals surface area contributed by atoms with Crippen LogP contribution in [-0.4, -0.2) is 11.1 Å². The molecule has 2 aliphatic rings. The summed E-state index contributed by atoms with van der Waals surface area (Å²) >= 11 is 0. The number of fused-ring (bicyclic) bond motifs is 2. The maximum absolute atomic E-state index is 11.1. The number of benzene rings is 1. The molecule has 0 heterocycles. The molecule has 0 aromatic heterocycles. The van der Waals surface area contributed by atoms with E-state index in [-0.39, 0.29) is 5.92 Å². The number of aliphatic carboxylic acids is 1. The monoisotopic (exact) mass is 241 g/mol. The Bertz CT molecular complexity index is 514. The molecule has 0 aliphatic heterocycles. The van der Waals surface area contributed by atoms with Crippen LogP contribution >= 0.6 is 0 Å². The summed E-state index contributed by atoms with van der Waals surface area (Å²) in [4.78, 5) is 11.1. The zero-order valence-corrected chi connectivity index (χ0v) is 10.0. The highest BCUT2D eigenvalue weighted by atomic mass is 16.4. The third-order valence-electron chi connectivity index (χ3n) is 4.64. The van der Waals surface area contributed by atoms with Gasteiger partial charge in [-0.05, 0) is 54.7 Å². The molecule has 1 aromatic carbocycles. The molecule has 0 spiro atoms. The number of nitriles is 1. The summed E-state index contributed by atoms with van der Waals surface area (Å²) in [6.45, 7) is 0. The van der Waals surface area contributed by atoms with E-state index < -0.39 is 5.97 Å². The summed E-state index contributed by atoms with van der Waals surface area (Å²) in [5, 5.41) is 17.9. The SMILES string of the molecule is N#Cc1ccc(C2CC3CC2CC3C(=O)O)cc1. The van der Waals surface area contributed by atoms with Crippen molar-refractivity contribution >= 4 is 5.97 Å². The second kappa shape index (κ2) is 4.13. The van der Waals surface area contributed by atoms with Gasteiger partial charge in [0.1, 0.15) is 0 Å². The maximum atomic E-state index is 11.1. The fraction of sp³-hybridized carbons (Fsp3) is 0.467. The molecule has 2 saturated carbocycles. The van der Waals surface area contributed by atoms with Gasteiger partial charge in [-0.1, -0.05) is 12.1 Å². The summed E-state index contributed by atoms with van der Waals surface area (Å²) in [5.41, 5.74) is 1.95. The van der Waals surface area contributed by atoms with Crippen molar-refractivity contribution in [3.05, 3.63) is 35.4 Å². The summed E-state index contributed by atoms with van der Waals surface area (Å²) in [6, 6.07) is 9.89. The smallest absolute Gasteiger partial charge is 0.306 e. The Hall–Kier alpha value is -1.82. The van der Waals surface area contributed by atoms with Gasteiger partial charge >= 0.3 is 5.97 Å². The molecule has 4 atom stereocenters. The van der Waals surface area contributed by atoms with Crippen LogP contribution < -0.4 is 0 Å². The first-order chi connectivity index (χ1) is 8.69. The van der Waals surface area contributed by atoms with Crippen LogP contribution in [0.15, 0.2) is 24.3 Å². The van der Waals surface area contributed by atoms with Crippen molar-refractivity contribution in [3.8, 4) is 6.07 Å². The van der Waals surface area contributed by atoms with Crippen molar-refractivity contribution in [3.63, 3.8) is 0 Å². The van der Waals surface area contributed by atoms with Gasteiger partial charge in [0.25, 0.3) is 0 Å². The molecule has 3 rings (SSSR count). The molecular weight excluding hydrogens is 226 g/mol. The Balaban J connectivity index is 1.77. The Morgan fingerprint density at radius 3 is 2.39 bits per heavy atom. The predicted octanol–water partition coefficient (Wildman–Crippen LogP) is 2.77. The summed E-state index contributed by atoms with van der Waals surface area (Å²) in [5.74, 6) is 0.626. The molecule has 2 aliphatic carbocycles. The number of carbonyl (C=O) groups is 1. The van der Waals surface area contributed by atoms with Crippen LogP contribution in [0.25, 0.3) is 0 Å². The average molecular weight is 241 g/mol. The van der Waals surface area contributed by atoms with Gasteiger partial charge in [0, 0.05) is 0 Å². The number of nitrogens with zero attached hydrogens (tertiary/aromatic N) is 1. The third-order valence-corrected chi connectivity index (χ3v) is 4.64. The van der Waals surface area contributed by atoms with E-state index >= 15 is 0 Å². The lowest BCUT2D eigenvalue weighted by Crippen LogP contribution is -2.23. The highest BCUT2D eigenvalue weighted by Crippen LogP contribution is 2.55. The lowest BCUT2D eigenvalue weighted by atomic mass is 9.78. The highest BCUT2D eigenvalue weighted by molar-refractivity contribution is 5.71. The molecule has 3 nitrogen and oxygen atoms in total. The fourth-order valence-corrected chi connectivity index (χ4v) is 3.79. The van der Waals surface area contributed by atoms with Gasteiger partial charge < -0.3 is 5.11 Å². The van der Waals surface area contributed by atoms with Crippen molar-refractivity contribution in [1.29, 1.82) is 5.26 Å². The van der Waals surface area contributed by atoms with Gasteiger partial charge in [0.15, 0.2) is 0 Å². The van der Waals surface area contributed by atoms with Crippen molar-refractivity contribution in [1.82, 2.24) is 0 Å². The number of hydrogen-bond donors (Lipinski definition) is 1. The van der Waals surface area contributed by atoms with E-state index in [1.165, 1.54) is 5.56 Å². The molecule has 3 heteroatoms. The average Bonchev–Trinajstić information content (AvgIpc) is 2.98. The van der Waals surface area contributed by atoms with E-state index in [4.69, 9.17) is 10.4 Å². The Labute approximate surface area is 106 Å². The maximum Gasteiger partial charge on any atom is 0.306 e. The third kappa shape index (κ3) is 1.69. The van der Waals surface area contributed by atoms with Crippen LogP contribution in [0, 0.1) is 29.1 Å². The Morgan fingerprint density at radius 1 is 1.17 bits per heavy atom. The number of carboxylic acids is 1. The second-order valence-corrected chi connectivity index (χ2v) is 5.51. The van der Waals surface area contributed by atoms with E-state index in [9.17, 15) is 4.79 Å². The molecule has 92 valence electrons. The molecule has 2 fully saturated rings. The lowest BCUT2D eigenvalue weighted by Gasteiger charge is -2.25. The zero-order valence-electron chi connectivity index (χ0n) is 10.0. The van der Waals surface area contributed by atoms with Gasteiger partial charge in [-0.15, -0.1) is 0 Å².